The van der Waals surface area contributed by atoms with Gasteiger partial charge in [0.25, 0.3) is 0 Å². The summed E-state index contributed by atoms with van der Waals surface area (Å²) in [6.07, 6.45) is 5.88. The molecule has 5 heteroatoms. The van der Waals surface area contributed by atoms with Crippen LogP contribution in [0, 0.1) is 6.92 Å². The van der Waals surface area contributed by atoms with Crippen LogP contribution in [0.1, 0.15) is 54.8 Å². The summed E-state index contributed by atoms with van der Waals surface area (Å²) < 4.78 is 7.54. The van der Waals surface area contributed by atoms with E-state index in [1.165, 1.54) is 18.4 Å². The number of carbonyl (C=O) groups excluding carboxylic acids is 1. The number of pyridine rings is 1. The van der Waals surface area contributed by atoms with Crippen LogP contribution in [0.3, 0.4) is 0 Å². The average Bonchev–Trinajstić information content (AvgIpc) is 3.49. The zero-order chi connectivity index (χ0) is 19.5. The number of hydrogen-bond donors (Lipinski definition) is 0. The second kappa shape index (κ2) is 8.13. The molecule has 146 valence electrons. The summed E-state index contributed by atoms with van der Waals surface area (Å²) >= 11 is 0. The molecule has 0 spiro atoms. The molecule has 0 bridgehead atoms. The van der Waals surface area contributed by atoms with Crippen LogP contribution >= 0.6 is 0 Å². The first-order valence-electron chi connectivity index (χ1n) is 10.1. The largest absolute Gasteiger partial charge is 0.470 e. The van der Waals surface area contributed by atoms with E-state index in [-0.39, 0.29) is 12.4 Å². The first-order valence-corrected chi connectivity index (χ1v) is 10.1. The Morgan fingerprint density at radius 2 is 2.00 bits per heavy atom. The zero-order valence-corrected chi connectivity index (χ0v) is 16.6. The Bertz CT molecular complexity index is 974. The van der Waals surface area contributed by atoms with Crippen LogP contribution in [-0.2, 0) is 18.3 Å². The molecule has 2 aromatic heterocycles. The van der Waals surface area contributed by atoms with E-state index in [2.05, 4.69) is 41.3 Å². The Kier molecular flexibility index (Phi) is 5.42. The van der Waals surface area contributed by atoms with Gasteiger partial charge in [0.05, 0.1) is 5.69 Å². The average molecular weight is 377 g/mol. The van der Waals surface area contributed by atoms with Crippen molar-refractivity contribution in [2.24, 2.45) is 7.05 Å². The van der Waals surface area contributed by atoms with Crippen molar-refractivity contribution in [2.75, 3.05) is 6.61 Å². The Balaban J connectivity index is 1.30. The van der Waals surface area contributed by atoms with Crippen LogP contribution in [0.5, 0.6) is 5.88 Å². The molecule has 28 heavy (non-hydrogen) atoms. The molecule has 1 aliphatic carbocycles. The number of aromatic nitrogens is 3. The van der Waals surface area contributed by atoms with Gasteiger partial charge in [0.2, 0.25) is 5.88 Å². The Hall–Kier alpha value is -2.69. The van der Waals surface area contributed by atoms with Crippen LogP contribution < -0.4 is 4.74 Å². The molecule has 1 aromatic carbocycles. The predicted molar refractivity (Wildman–Crippen MR) is 110 cm³/mol. The summed E-state index contributed by atoms with van der Waals surface area (Å²) in [6, 6.07) is 12.3. The van der Waals surface area contributed by atoms with Crippen molar-refractivity contribution >= 4 is 16.8 Å². The highest BCUT2D eigenvalue weighted by molar-refractivity contribution is 5.84. The summed E-state index contributed by atoms with van der Waals surface area (Å²) in [5.41, 5.74) is 4.43. The number of nitrogens with zero attached hydrogens (tertiary/aromatic N) is 3. The number of aryl methyl sites for hydroxylation is 3. The topological polar surface area (TPSA) is 57.0 Å². The maximum atomic E-state index is 12.2. The maximum absolute atomic E-state index is 12.2. The number of ether oxygens (including phenoxy) is 1. The molecule has 1 aliphatic rings. The summed E-state index contributed by atoms with van der Waals surface area (Å²) in [5, 5.41) is 5.80. The third-order valence-corrected chi connectivity index (χ3v) is 5.35. The second-order valence-corrected chi connectivity index (χ2v) is 7.78. The molecule has 1 fully saturated rings. The Morgan fingerprint density at radius 1 is 1.21 bits per heavy atom. The van der Waals surface area contributed by atoms with Crippen molar-refractivity contribution in [3.63, 3.8) is 0 Å². The fourth-order valence-electron chi connectivity index (χ4n) is 3.68. The highest BCUT2D eigenvalue weighted by atomic mass is 16.5. The van der Waals surface area contributed by atoms with Gasteiger partial charge in [0, 0.05) is 30.8 Å². The zero-order valence-electron chi connectivity index (χ0n) is 16.6. The lowest BCUT2D eigenvalue weighted by Crippen LogP contribution is -2.12. The standard InChI is InChI=1S/C23H27N3O2/c1-16-14-20(24-23-21(16)22(18-12-13-18)25-26(23)2)28-15-19(27)11-7-6-10-17-8-4-3-5-9-17/h3-5,8-9,14,18H,6-7,10-13,15H2,1-2H3. The van der Waals surface area contributed by atoms with Gasteiger partial charge in [-0.2, -0.15) is 10.1 Å². The van der Waals surface area contributed by atoms with Crippen molar-refractivity contribution in [3.8, 4) is 5.88 Å². The van der Waals surface area contributed by atoms with E-state index in [9.17, 15) is 4.79 Å². The SMILES string of the molecule is Cc1cc(OCC(=O)CCCCc2ccccc2)nc2c1c(C1CC1)nn2C. The molecular weight excluding hydrogens is 350 g/mol. The molecule has 0 saturated heterocycles. The van der Waals surface area contributed by atoms with Gasteiger partial charge in [0.1, 0.15) is 6.61 Å². The fraction of sp³-hybridized carbons (Fsp3) is 0.435. The monoisotopic (exact) mass is 377 g/mol. The summed E-state index contributed by atoms with van der Waals surface area (Å²) in [6.45, 7) is 2.15. The lowest BCUT2D eigenvalue weighted by atomic mass is 10.1. The molecule has 0 radical (unpaired) electrons. The molecule has 2 heterocycles. The molecule has 4 rings (SSSR count). The number of Topliss-reactive ketones (excluding diaryl/α,β-unsaturated/α-hetero) is 1. The van der Waals surface area contributed by atoms with Gasteiger partial charge in [-0.05, 0) is 50.2 Å². The Morgan fingerprint density at radius 3 is 2.75 bits per heavy atom. The number of fused-ring (bicyclic) bond motifs is 1. The molecule has 0 N–H and O–H groups in total. The second-order valence-electron chi connectivity index (χ2n) is 7.78. The van der Waals surface area contributed by atoms with Gasteiger partial charge in [-0.25, -0.2) is 0 Å². The van der Waals surface area contributed by atoms with Gasteiger partial charge in [-0.15, -0.1) is 0 Å². The minimum atomic E-state index is 0.0800. The predicted octanol–water partition coefficient (Wildman–Crippen LogP) is 4.52. The number of unbranched alkanes of at least 4 members (excludes halogenated alkanes) is 1. The van der Waals surface area contributed by atoms with Crippen molar-refractivity contribution in [1.82, 2.24) is 14.8 Å². The minimum absolute atomic E-state index is 0.0800. The van der Waals surface area contributed by atoms with E-state index >= 15 is 0 Å². The van der Waals surface area contributed by atoms with Gasteiger partial charge < -0.3 is 4.74 Å². The van der Waals surface area contributed by atoms with Gasteiger partial charge in [0.15, 0.2) is 11.4 Å². The summed E-state index contributed by atoms with van der Waals surface area (Å²) in [5.74, 6) is 1.21. The van der Waals surface area contributed by atoms with Crippen molar-refractivity contribution < 1.29 is 9.53 Å². The van der Waals surface area contributed by atoms with Crippen LogP contribution in [0.2, 0.25) is 0 Å². The Labute approximate surface area is 165 Å². The number of ketones is 1. The summed E-state index contributed by atoms with van der Waals surface area (Å²) in [7, 11) is 1.92. The highest BCUT2D eigenvalue weighted by Gasteiger charge is 2.30. The maximum Gasteiger partial charge on any atom is 0.215 e. The molecular formula is C23H27N3O2. The lowest BCUT2D eigenvalue weighted by molar-refractivity contribution is -0.121. The molecule has 0 unspecified atom stereocenters. The van der Waals surface area contributed by atoms with Crippen LogP contribution in [0.25, 0.3) is 11.0 Å². The third-order valence-electron chi connectivity index (χ3n) is 5.35. The smallest absolute Gasteiger partial charge is 0.215 e. The van der Waals surface area contributed by atoms with Gasteiger partial charge in [-0.1, -0.05) is 30.3 Å². The van der Waals surface area contributed by atoms with Gasteiger partial charge in [-0.3, -0.25) is 9.48 Å². The molecule has 3 aromatic rings. The first kappa shape index (κ1) is 18.7. The molecule has 0 atom stereocenters. The molecule has 1 saturated carbocycles. The molecule has 0 aliphatic heterocycles. The quantitative estimate of drug-likeness (QED) is 0.515. The van der Waals surface area contributed by atoms with Crippen molar-refractivity contribution in [2.45, 2.75) is 51.4 Å². The van der Waals surface area contributed by atoms with E-state index in [0.29, 0.717) is 18.2 Å². The minimum Gasteiger partial charge on any atom is -0.470 e. The van der Waals surface area contributed by atoms with Crippen LogP contribution in [-0.4, -0.2) is 27.2 Å². The lowest BCUT2D eigenvalue weighted by Gasteiger charge is -2.07. The number of carbonyl (C=O) groups is 1. The highest BCUT2D eigenvalue weighted by Crippen LogP contribution is 2.43. The number of benzene rings is 1. The van der Waals surface area contributed by atoms with E-state index in [1.54, 1.807) is 0 Å². The van der Waals surface area contributed by atoms with Crippen molar-refractivity contribution in [1.29, 1.82) is 0 Å². The summed E-state index contributed by atoms with van der Waals surface area (Å²) in [4.78, 5) is 16.8. The fourth-order valence-corrected chi connectivity index (χ4v) is 3.68. The van der Waals surface area contributed by atoms with Crippen LogP contribution in [0.4, 0.5) is 0 Å². The molecule has 0 amide bonds. The normalized spacial score (nSPS) is 13.8. The molecule has 5 nitrogen and oxygen atoms in total. The van der Waals surface area contributed by atoms with E-state index in [0.717, 1.165) is 41.6 Å². The van der Waals surface area contributed by atoms with Crippen molar-refractivity contribution in [3.05, 3.63) is 53.2 Å². The third kappa shape index (κ3) is 4.24. The van der Waals surface area contributed by atoms with E-state index < -0.39 is 0 Å². The van der Waals surface area contributed by atoms with E-state index in [4.69, 9.17) is 4.74 Å². The van der Waals surface area contributed by atoms with Gasteiger partial charge >= 0.3 is 0 Å². The van der Waals surface area contributed by atoms with E-state index in [1.807, 2.05) is 23.9 Å². The van der Waals surface area contributed by atoms with Crippen LogP contribution in [0.15, 0.2) is 36.4 Å². The first-order chi connectivity index (χ1) is 13.6. The number of rotatable bonds is 9. The number of hydrogen-bond acceptors (Lipinski definition) is 4.